The van der Waals surface area contributed by atoms with Gasteiger partial charge in [-0.15, -0.1) is 0 Å². The van der Waals surface area contributed by atoms with Crippen LogP contribution in [-0.4, -0.2) is 76.4 Å². The molecule has 0 bridgehead atoms. The average molecular weight is 526 g/mol. The van der Waals surface area contributed by atoms with Crippen LogP contribution in [0.1, 0.15) is 123 Å². The van der Waals surface area contributed by atoms with E-state index < -0.39 is 0 Å². The average Bonchev–Trinajstić information content (AvgIpc) is 2.92. The number of anilines is 1. The molecule has 3 heterocycles. The molecule has 1 aliphatic carbocycles. The molecule has 1 aromatic heterocycles. The second-order valence-corrected chi connectivity index (χ2v) is 12.5. The van der Waals surface area contributed by atoms with Crippen LogP contribution in [0.2, 0.25) is 0 Å². The number of rotatable bonds is 14. The Labute approximate surface area is 233 Å². The number of unbranched alkanes of at least 4 members (excludes halogenated alkanes) is 5. The van der Waals surface area contributed by atoms with Gasteiger partial charge >= 0.3 is 0 Å². The smallest absolute Gasteiger partial charge is 0.225 e. The zero-order valence-corrected chi connectivity index (χ0v) is 24.9. The van der Waals surface area contributed by atoms with Crippen LogP contribution in [0.3, 0.4) is 0 Å². The summed E-state index contributed by atoms with van der Waals surface area (Å²) >= 11 is 0. The number of aromatic nitrogens is 2. The van der Waals surface area contributed by atoms with Crippen molar-refractivity contribution < 1.29 is 4.79 Å². The van der Waals surface area contributed by atoms with E-state index in [1.807, 2.05) is 0 Å². The molecule has 2 aliphatic heterocycles. The van der Waals surface area contributed by atoms with Crippen molar-refractivity contribution >= 4 is 11.7 Å². The lowest BCUT2D eigenvalue weighted by atomic mass is 9.75. The van der Waals surface area contributed by atoms with Crippen LogP contribution < -0.4 is 4.90 Å². The van der Waals surface area contributed by atoms with Gasteiger partial charge in [0.05, 0.1) is 0 Å². The molecule has 2 atom stereocenters. The van der Waals surface area contributed by atoms with Gasteiger partial charge in [-0.25, -0.2) is 9.97 Å². The number of piperazine rings is 1. The summed E-state index contributed by atoms with van der Waals surface area (Å²) in [5.41, 5.74) is 1.31. The predicted octanol–water partition coefficient (Wildman–Crippen LogP) is 6.45. The van der Waals surface area contributed by atoms with Crippen molar-refractivity contribution in [1.29, 1.82) is 0 Å². The van der Waals surface area contributed by atoms with Crippen LogP contribution in [0, 0.1) is 5.92 Å². The van der Waals surface area contributed by atoms with Gasteiger partial charge in [-0.05, 0) is 82.5 Å². The first-order valence-corrected chi connectivity index (χ1v) is 16.1. The van der Waals surface area contributed by atoms with E-state index in [9.17, 15) is 4.79 Å². The van der Waals surface area contributed by atoms with E-state index in [0.29, 0.717) is 35.7 Å². The number of likely N-dealkylation sites (tertiary alicyclic amines) is 1. The molecule has 0 aromatic carbocycles. The molecule has 3 aliphatic rings. The molecule has 0 radical (unpaired) electrons. The standard InChI is InChI=1S/C32H55N5O/c1-5-8-9-10-11-12-13-31(38)20-26-18-30(19-26)36-16-14-27(15-17-36)28-21-33-32(34-22-28)37-25(4)23-35(7-3)24-29(37)6-2/h21-22,25-27,29-30H,5-20,23-24H2,1-4H3/t25?,26-,29?,30-. The van der Waals surface area contributed by atoms with Crippen LogP contribution in [0.5, 0.6) is 0 Å². The Kier molecular flexibility index (Phi) is 11.4. The predicted molar refractivity (Wildman–Crippen MR) is 158 cm³/mol. The number of hydrogen-bond acceptors (Lipinski definition) is 6. The lowest BCUT2D eigenvalue weighted by Gasteiger charge is -2.46. The molecule has 38 heavy (non-hydrogen) atoms. The van der Waals surface area contributed by atoms with E-state index in [2.05, 4.69) is 54.8 Å². The largest absolute Gasteiger partial charge is 0.333 e. The highest BCUT2D eigenvalue weighted by Crippen LogP contribution is 2.38. The highest BCUT2D eigenvalue weighted by Gasteiger charge is 2.36. The van der Waals surface area contributed by atoms with Crippen LogP contribution in [0.4, 0.5) is 5.95 Å². The SMILES string of the molecule is CCCCCCCCC(=O)C[C@H]1C[C@H](N2CCC(c3cnc(N4C(C)CN(CC)CC4CC)nc3)CC2)C1. The molecule has 1 aromatic rings. The van der Waals surface area contributed by atoms with Gasteiger partial charge in [0, 0.05) is 56.5 Å². The van der Waals surface area contributed by atoms with Crippen molar-refractivity contribution in [3.63, 3.8) is 0 Å². The van der Waals surface area contributed by atoms with Gasteiger partial charge in [0.15, 0.2) is 0 Å². The third-order valence-electron chi connectivity index (χ3n) is 9.72. The van der Waals surface area contributed by atoms with Crippen LogP contribution >= 0.6 is 0 Å². The molecular formula is C32H55N5O. The van der Waals surface area contributed by atoms with E-state index >= 15 is 0 Å². The number of likely N-dealkylation sites (N-methyl/N-ethyl adjacent to an activating group) is 1. The fraction of sp³-hybridized carbons (Fsp3) is 0.844. The summed E-state index contributed by atoms with van der Waals surface area (Å²) in [6.45, 7) is 14.8. The summed E-state index contributed by atoms with van der Waals surface area (Å²) in [5.74, 6) is 2.64. The number of carbonyl (C=O) groups excluding carboxylic acids is 1. The highest BCUT2D eigenvalue weighted by atomic mass is 16.1. The molecule has 4 rings (SSSR count). The second-order valence-electron chi connectivity index (χ2n) is 12.5. The highest BCUT2D eigenvalue weighted by molar-refractivity contribution is 5.78. The fourth-order valence-electron chi connectivity index (χ4n) is 7.19. The fourth-order valence-corrected chi connectivity index (χ4v) is 7.19. The zero-order valence-electron chi connectivity index (χ0n) is 24.9. The number of Topliss-reactive ketones (excluding diaryl/α,β-unsaturated/α-hetero) is 1. The molecule has 3 fully saturated rings. The molecule has 214 valence electrons. The Hall–Kier alpha value is -1.53. The summed E-state index contributed by atoms with van der Waals surface area (Å²) in [5, 5.41) is 0. The van der Waals surface area contributed by atoms with E-state index in [4.69, 9.17) is 9.97 Å². The number of ketones is 1. The maximum Gasteiger partial charge on any atom is 0.225 e. The van der Waals surface area contributed by atoms with Crippen molar-refractivity contribution in [2.45, 2.75) is 135 Å². The maximum absolute atomic E-state index is 12.4. The summed E-state index contributed by atoms with van der Waals surface area (Å²) in [6.07, 6.45) is 19.4. The Morgan fingerprint density at radius 3 is 2.29 bits per heavy atom. The van der Waals surface area contributed by atoms with Crippen LogP contribution in [0.25, 0.3) is 0 Å². The summed E-state index contributed by atoms with van der Waals surface area (Å²) in [6, 6.07) is 1.64. The third kappa shape index (κ3) is 7.78. The molecule has 1 saturated carbocycles. The summed E-state index contributed by atoms with van der Waals surface area (Å²) in [7, 11) is 0. The number of nitrogens with zero attached hydrogens (tertiary/aromatic N) is 5. The first-order chi connectivity index (χ1) is 18.5. The monoisotopic (exact) mass is 525 g/mol. The van der Waals surface area contributed by atoms with Gasteiger partial charge in [-0.2, -0.15) is 0 Å². The first-order valence-electron chi connectivity index (χ1n) is 16.1. The van der Waals surface area contributed by atoms with Crippen LogP contribution in [-0.2, 0) is 4.79 Å². The van der Waals surface area contributed by atoms with Crippen molar-refractivity contribution in [2.24, 2.45) is 5.92 Å². The minimum absolute atomic E-state index is 0.444. The summed E-state index contributed by atoms with van der Waals surface area (Å²) < 4.78 is 0. The Bertz CT molecular complexity index is 831. The molecule has 2 saturated heterocycles. The normalized spacial score (nSPS) is 27.4. The van der Waals surface area contributed by atoms with Gasteiger partial charge in [0.2, 0.25) is 5.95 Å². The quantitative estimate of drug-likeness (QED) is 0.260. The zero-order chi connectivity index (χ0) is 26.9. The molecular weight excluding hydrogens is 470 g/mol. The van der Waals surface area contributed by atoms with Crippen LogP contribution in [0.15, 0.2) is 12.4 Å². The van der Waals surface area contributed by atoms with Gasteiger partial charge < -0.3 is 9.80 Å². The number of piperidine rings is 1. The van der Waals surface area contributed by atoms with E-state index in [-0.39, 0.29) is 0 Å². The Morgan fingerprint density at radius 1 is 0.947 bits per heavy atom. The van der Waals surface area contributed by atoms with Gasteiger partial charge in [-0.3, -0.25) is 9.69 Å². The van der Waals surface area contributed by atoms with Crippen molar-refractivity contribution in [3.05, 3.63) is 18.0 Å². The van der Waals surface area contributed by atoms with E-state index in [1.165, 1.54) is 76.4 Å². The van der Waals surface area contributed by atoms with Crippen molar-refractivity contribution in [1.82, 2.24) is 19.8 Å². The molecule has 6 heteroatoms. The number of carbonyl (C=O) groups is 1. The third-order valence-corrected chi connectivity index (χ3v) is 9.72. The lowest BCUT2D eigenvalue weighted by Crippen LogP contribution is -2.58. The van der Waals surface area contributed by atoms with Gasteiger partial charge in [-0.1, -0.05) is 52.9 Å². The minimum Gasteiger partial charge on any atom is -0.333 e. The summed E-state index contributed by atoms with van der Waals surface area (Å²) in [4.78, 5) is 29.9. The van der Waals surface area contributed by atoms with Crippen molar-refractivity contribution in [3.8, 4) is 0 Å². The topological polar surface area (TPSA) is 52.6 Å². The lowest BCUT2D eigenvalue weighted by molar-refractivity contribution is -0.121. The maximum atomic E-state index is 12.4. The number of hydrogen-bond donors (Lipinski definition) is 0. The molecule has 0 N–H and O–H groups in total. The second kappa shape index (κ2) is 14.7. The van der Waals surface area contributed by atoms with E-state index in [1.54, 1.807) is 0 Å². The molecule has 0 amide bonds. The Balaban J connectivity index is 1.16. The first kappa shape index (κ1) is 29.5. The van der Waals surface area contributed by atoms with Crippen molar-refractivity contribution in [2.75, 3.05) is 37.6 Å². The van der Waals surface area contributed by atoms with Gasteiger partial charge in [0.25, 0.3) is 0 Å². The molecule has 6 nitrogen and oxygen atoms in total. The van der Waals surface area contributed by atoms with Gasteiger partial charge in [0.1, 0.15) is 5.78 Å². The van der Waals surface area contributed by atoms with E-state index in [0.717, 1.165) is 51.3 Å². The Morgan fingerprint density at radius 2 is 1.63 bits per heavy atom. The minimum atomic E-state index is 0.444. The molecule has 0 spiro atoms. The molecule has 2 unspecified atom stereocenters.